The Bertz CT molecular complexity index is 531. The van der Waals surface area contributed by atoms with Crippen molar-refractivity contribution in [1.82, 2.24) is 9.80 Å². The molecular formula is C13H16Cl3N3O2. The molecule has 0 aromatic heterocycles. The van der Waals surface area contributed by atoms with Gasteiger partial charge in [0.1, 0.15) is 0 Å². The molecule has 1 aromatic carbocycles. The fourth-order valence-electron chi connectivity index (χ4n) is 2.13. The van der Waals surface area contributed by atoms with Crippen LogP contribution in [0.3, 0.4) is 0 Å². The summed E-state index contributed by atoms with van der Waals surface area (Å²) in [5.74, 6) is -0.268. The van der Waals surface area contributed by atoms with E-state index >= 15 is 0 Å². The van der Waals surface area contributed by atoms with E-state index in [-0.39, 0.29) is 35.8 Å². The van der Waals surface area contributed by atoms with Gasteiger partial charge in [0.2, 0.25) is 5.91 Å². The quantitative estimate of drug-likeness (QED) is 0.880. The number of piperazine rings is 1. The van der Waals surface area contributed by atoms with Crippen molar-refractivity contribution in [2.45, 2.75) is 0 Å². The first-order chi connectivity index (χ1) is 9.54. The third kappa shape index (κ3) is 4.01. The highest BCUT2D eigenvalue weighted by molar-refractivity contribution is 6.43. The lowest BCUT2D eigenvalue weighted by Gasteiger charge is -2.34. The fraction of sp³-hybridized carbons (Fsp3) is 0.385. The van der Waals surface area contributed by atoms with E-state index in [4.69, 9.17) is 28.9 Å². The van der Waals surface area contributed by atoms with Crippen LogP contribution in [0.2, 0.25) is 10.0 Å². The summed E-state index contributed by atoms with van der Waals surface area (Å²) in [7, 11) is 0. The summed E-state index contributed by atoms with van der Waals surface area (Å²) in [5.41, 5.74) is 5.71. The Hall–Kier alpha value is -1.01. The van der Waals surface area contributed by atoms with E-state index < -0.39 is 0 Å². The zero-order valence-corrected chi connectivity index (χ0v) is 13.5. The molecule has 8 heteroatoms. The first-order valence-electron chi connectivity index (χ1n) is 6.25. The smallest absolute Gasteiger partial charge is 0.255 e. The van der Waals surface area contributed by atoms with Crippen molar-refractivity contribution >= 4 is 47.4 Å². The van der Waals surface area contributed by atoms with Gasteiger partial charge in [0.25, 0.3) is 5.91 Å². The SMILES string of the molecule is Cl.NCC(=O)N1CCN(C(=O)c2cccc(Cl)c2Cl)CC1. The standard InChI is InChI=1S/C13H15Cl2N3O2.ClH/c14-10-3-1-2-9(12(10)15)13(20)18-6-4-17(5-7-18)11(19)8-16;/h1-3H,4-8,16H2;1H. The molecule has 1 aliphatic rings. The van der Waals surface area contributed by atoms with Gasteiger partial charge in [-0.15, -0.1) is 12.4 Å². The summed E-state index contributed by atoms with van der Waals surface area (Å²) in [6, 6.07) is 4.97. The van der Waals surface area contributed by atoms with Gasteiger partial charge in [-0.2, -0.15) is 0 Å². The summed E-state index contributed by atoms with van der Waals surface area (Å²) in [6.07, 6.45) is 0. The van der Waals surface area contributed by atoms with Crippen molar-refractivity contribution in [3.8, 4) is 0 Å². The van der Waals surface area contributed by atoms with E-state index in [1.807, 2.05) is 0 Å². The van der Waals surface area contributed by atoms with Crippen LogP contribution in [0.1, 0.15) is 10.4 Å². The van der Waals surface area contributed by atoms with Gasteiger partial charge in [0, 0.05) is 26.2 Å². The molecule has 0 aliphatic carbocycles. The lowest BCUT2D eigenvalue weighted by atomic mass is 10.1. The van der Waals surface area contributed by atoms with Crippen LogP contribution in [-0.4, -0.2) is 54.3 Å². The van der Waals surface area contributed by atoms with Gasteiger partial charge in [-0.3, -0.25) is 9.59 Å². The van der Waals surface area contributed by atoms with Gasteiger partial charge in [-0.05, 0) is 12.1 Å². The molecule has 1 saturated heterocycles. The van der Waals surface area contributed by atoms with Crippen LogP contribution in [0.25, 0.3) is 0 Å². The molecule has 1 aliphatic heterocycles. The Morgan fingerprint density at radius 3 is 2.24 bits per heavy atom. The molecule has 1 fully saturated rings. The second kappa shape index (κ2) is 7.84. The van der Waals surface area contributed by atoms with E-state index in [1.54, 1.807) is 28.0 Å². The molecule has 5 nitrogen and oxygen atoms in total. The lowest BCUT2D eigenvalue weighted by Crippen LogP contribution is -2.51. The summed E-state index contributed by atoms with van der Waals surface area (Å²) in [6.45, 7) is 1.90. The van der Waals surface area contributed by atoms with Crippen molar-refractivity contribution in [3.63, 3.8) is 0 Å². The summed E-state index contributed by atoms with van der Waals surface area (Å²) < 4.78 is 0. The Kier molecular flexibility index (Phi) is 6.74. The van der Waals surface area contributed by atoms with E-state index in [0.29, 0.717) is 36.8 Å². The zero-order valence-electron chi connectivity index (χ0n) is 11.2. The van der Waals surface area contributed by atoms with Gasteiger partial charge < -0.3 is 15.5 Å². The minimum Gasteiger partial charge on any atom is -0.338 e. The zero-order chi connectivity index (χ0) is 14.7. The second-order valence-corrected chi connectivity index (χ2v) is 5.26. The third-order valence-electron chi connectivity index (χ3n) is 3.28. The van der Waals surface area contributed by atoms with Crippen molar-refractivity contribution < 1.29 is 9.59 Å². The molecule has 21 heavy (non-hydrogen) atoms. The molecule has 2 rings (SSSR count). The fourth-order valence-corrected chi connectivity index (χ4v) is 2.51. The van der Waals surface area contributed by atoms with Gasteiger partial charge >= 0.3 is 0 Å². The number of amides is 2. The highest BCUT2D eigenvalue weighted by atomic mass is 35.5. The molecule has 0 saturated carbocycles. The maximum absolute atomic E-state index is 12.4. The number of halogens is 3. The third-order valence-corrected chi connectivity index (χ3v) is 4.10. The minimum absolute atomic E-state index is 0. The van der Waals surface area contributed by atoms with E-state index in [0.717, 1.165) is 0 Å². The number of carbonyl (C=O) groups is 2. The maximum Gasteiger partial charge on any atom is 0.255 e. The normalized spacial score (nSPS) is 14.6. The minimum atomic E-state index is -0.169. The van der Waals surface area contributed by atoms with Crippen molar-refractivity contribution in [2.24, 2.45) is 5.73 Å². The van der Waals surface area contributed by atoms with Gasteiger partial charge in [0.05, 0.1) is 22.2 Å². The van der Waals surface area contributed by atoms with Crippen LogP contribution in [0, 0.1) is 0 Å². The topological polar surface area (TPSA) is 66.6 Å². The Labute approximate surface area is 139 Å². The molecule has 0 atom stereocenters. The number of hydrogen-bond acceptors (Lipinski definition) is 3. The Balaban J connectivity index is 0.00000220. The first-order valence-corrected chi connectivity index (χ1v) is 7.01. The van der Waals surface area contributed by atoms with Crippen molar-refractivity contribution in [2.75, 3.05) is 32.7 Å². The number of nitrogens with two attached hydrogens (primary N) is 1. The predicted octanol–water partition coefficient (Wildman–Crippen LogP) is 1.66. The van der Waals surface area contributed by atoms with Crippen LogP contribution in [0.4, 0.5) is 0 Å². The molecule has 116 valence electrons. The number of benzene rings is 1. The molecule has 0 spiro atoms. The number of hydrogen-bond donors (Lipinski definition) is 1. The summed E-state index contributed by atoms with van der Waals surface area (Å²) in [5, 5.41) is 0.620. The lowest BCUT2D eigenvalue weighted by molar-refractivity contribution is -0.131. The number of carbonyl (C=O) groups excluding carboxylic acids is 2. The van der Waals surface area contributed by atoms with Crippen molar-refractivity contribution in [1.29, 1.82) is 0 Å². The largest absolute Gasteiger partial charge is 0.338 e. The van der Waals surface area contributed by atoms with Gasteiger partial charge in [0.15, 0.2) is 0 Å². The molecule has 0 radical (unpaired) electrons. The van der Waals surface area contributed by atoms with Crippen LogP contribution in [-0.2, 0) is 4.79 Å². The average Bonchev–Trinajstić information content (AvgIpc) is 2.48. The van der Waals surface area contributed by atoms with Crippen LogP contribution < -0.4 is 5.73 Å². The van der Waals surface area contributed by atoms with E-state index in [9.17, 15) is 9.59 Å². The van der Waals surface area contributed by atoms with E-state index in [1.165, 1.54) is 0 Å². The maximum atomic E-state index is 12.4. The van der Waals surface area contributed by atoms with Crippen LogP contribution >= 0.6 is 35.6 Å². The molecule has 0 bridgehead atoms. The molecule has 2 N–H and O–H groups in total. The molecule has 0 unspecified atom stereocenters. The highest BCUT2D eigenvalue weighted by Crippen LogP contribution is 2.26. The van der Waals surface area contributed by atoms with Gasteiger partial charge in [-0.1, -0.05) is 29.3 Å². The number of rotatable bonds is 2. The monoisotopic (exact) mass is 351 g/mol. The second-order valence-electron chi connectivity index (χ2n) is 4.48. The molecule has 2 amide bonds. The predicted molar refractivity (Wildman–Crippen MR) is 85.2 cm³/mol. The average molecular weight is 353 g/mol. The van der Waals surface area contributed by atoms with E-state index in [2.05, 4.69) is 0 Å². The molecule has 1 aromatic rings. The summed E-state index contributed by atoms with van der Waals surface area (Å²) >= 11 is 12.0. The summed E-state index contributed by atoms with van der Waals surface area (Å²) in [4.78, 5) is 27.2. The highest BCUT2D eigenvalue weighted by Gasteiger charge is 2.25. The van der Waals surface area contributed by atoms with Crippen LogP contribution in [0.15, 0.2) is 18.2 Å². The van der Waals surface area contributed by atoms with Gasteiger partial charge in [-0.25, -0.2) is 0 Å². The Morgan fingerprint density at radius 2 is 1.67 bits per heavy atom. The van der Waals surface area contributed by atoms with Crippen molar-refractivity contribution in [3.05, 3.63) is 33.8 Å². The molecule has 1 heterocycles. The first kappa shape index (κ1) is 18.0. The number of nitrogens with zero attached hydrogens (tertiary/aromatic N) is 2. The van der Waals surface area contributed by atoms with Crippen LogP contribution in [0.5, 0.6) is 0 Å². The molecular weight excluding hydrogens is 337 g/mol. The Morgan fingerprint density at radius 1 is 1.10 bits per heavy atom.